The Labute approximate surface area is 228 Å². The van der Waals surface area contributed by atoms with Crippen molar-refractivity contribution in [1.82, 2.24) is 10.5 Å². The van der Waals surface area contributed by atoms with Gasteiger partial charge in [0.1, 0.15) is 23.0 Å². The lowest BCUT2D eigenvalue weighted by Crippen LogP contribution is -2.36. The Morgan fingerprint density at radius 3 is 2.77 bits per heavy atom. The number of nitrogens with one attached hydrogen (secondary N) is 3. The smallest absolute Gasteiger partial charge is 0.256 e. The van der Waals surface area contributed by atoms with Crippen molar-refractivity contribution in [2.75, 3.05) is 23.8 Å². The lowest BCUT2D eigenvalue weighted by molar-refractivity contribution is 0.0195. The zero-order valence-corrected chi connectivity index (χ0v) is 22.9. The molecule has 0 aliphatic carbocycles. The molecule has 0 saturated carbocycles. The minimum Gasteiger partial charge on any atom is -0.383 e. The number of anilines is 2. The number of carbonyl (C=O) groups excluding carboxylic acids is 1. The first kappa shape index (κ1) is 27.8. The van der Waals surface area contributed by atoms with Crippen LogP contribution in [0.1, 0.15) is 61.7 Å². The Balaban J connectivity index is 1.52. The first-order chi connectivity index (χ1) is 18.6. The molecule has 0 bridgehead atoms. The number of nitrogens with two attached hydrogens (primary N) is 1. The molecule has 11 nitrogen and oxygen atoms in total. The fourth-order valence-electron chi connectivity index (χ4n) is 4.00. The van der Waals surface area contributed by atoms with Crippen LogP contribution in [0.25, 0.3) is 0 Å². The van der Waals surface area contributed by atoms with Gasteiger partial charge < -0.3 is 30.9 Å². The maximum atomic E-state index is 13.0. The fraction of sp³-hybridized carbons (Fsp3) is 0.393. The molecule has 1 amide bonds. The number of nitrogens with zero attached hydrogens (tertiary/aromatic N) is 4. The summed E-state index contributed by atoms with van der Waals surface area (Å²) in [7, 11) is 0. The van der Waals surface area contributed by atoms with Crippen LogP contribution in [0.4, 0.5) is 11.5 Å². The first-order valence-electron chi connectivity index (χ1n) is 13.0. The van der Waals surface area contributed by atoms with Crippen LogP contribution in [0.15, 0.2) is 68.1 Å². The number of hydrogen-bond acceptors (Lipinski definition) is 10. The molecular weight excluding hydrogens is 496 g/mol. The minimum absolute atomic E-state index is 0.122. The SMILES string of the molecule is C=C/N=C1/C=NC(NCC2CCCCO2)=N/C1=C(/N)Nc1cc(C(=O)Nc2cc(C(C)(C)C)on2)ccc1C. The van der Waals surface area contributed by atoms with Crippen LogP contribution in [-0.4, -0.2) is 48.2 Å². The van der Waals surface area contributed by atoms with Crippen molar-refractivity contribution in [1.29, 1.82) is 0 Å². The van der Waals surface area contributed by atoms with Gasteiger partial charge >= 0.3 is 0 Å². The molecule has 1 unspecified atom stereocenters. The number of benzene rings is 1. The predicted molar refractivity (Wildman–Crippen MR) is 154 cm³/mol. The van der Waals surface area contributed by atoms with Crippen LogP contribution in [0, 0.1) is 6.92 Å². The average molecular weight is 533 g/mol. The zero-order valence-electron chi connectivity index (χ0n) is 22.9. The topological polar surface area (TPSA) is 152 Å². The molecule has 2 aliphatic heterocycles. The number of rotatable bonds is 7. The highest BCUT2D eigenvalue weighted by Crippen LogP contribution is 2.25. The van der Waals surface area contributed by atoms with E-state index in [1.165, 1.54) is 6.20 Å². The van der Waals surface area contributed by atoms with Crippen molar-refractivity contribution in [2.24, 2.45) is 20.7 Å². The largest absolute Gasteiger partial charge is 0.383 e. The number of carbonyl (C=O) groups is 1. The van der Waals surface area contributed by atoms with Crippen molar-refractivity contribution >= 4 is 35.3 Å². The van der Waals surface area contributed by atoms with Crippen LogP contribution >= 0.6 is 0 Å². The van der Waals surface area contributed by atoms with E-state index in [4.69, 9.17) is 15.0 Å². The number of aromatic nitrogens is 1. The lowest BCUT2D eigenvalue weighted by Gasteiger charge is -2.23. The van der Waals surface area contributed by atoms with Gasteiger partial charge in [0, 0.05) is 42.1 Å². The van der Waals surface area contributed by atoms with Crippen molar-refractivity contribution in [3.63, 3.8) is 0 Å². The van der Waals surface area contributed by atoms with Gasteiger partial charge in [-0.05, 0) is 43.9 Å². The summed E-state index contributed by atoms with van der Waals surface area (Å²) in [5.74, 6) is 1.37. The second-order valence-electron chi connectivity index (χ2n) is 10.5. The van der Waals surface area contributed by atoms with Crippen molar-refractivity contribution in [2.45, 2.75) is 58.5 Å². The number of hydrogen-bond donors (Lipinski definition) is 4. The van der Waals surface area contributed by atoms with Crippen LogP contribution in [0.5, 0.6) is 0 Å². The maximum Gasteiger partial charge on any atom is 0.256 e. The Morgan fingerprint density at radius 2 is 2.08 bits per heavy atom. The number of allylic oxidation sites excluding steroid dienone is 1. The Bertz CT molecular complexity index is 1340. The summed E-state index contributed by atoms with van der Waals surface area (Å²) >= 11 is 0. The van der Waals surface area contributed by atoms with Crippen LogP contribution < -0.4 is 21.7 Å². The lowest BCUT2D eigenvalue weighted by atomic mass is 9.93. The molecule has 1 aromatic heterocycles. The molecule has 3 heterocycles. The van der Waals surface area contributed by atoms with Gasteiger partial charge in [0.2, 0.25) is 5.96 Å². The van der Waals surface area contributed by atoms with Gasteiger partial charge in [0.05, 0.1) is 12.3 Å². The summed E-state index contributed by atoms with van der Waals surface area (Å²) in [6, 6.07) is 7.01. The van der Waals surface area contributed by atoms with Crippen LogP contribution in [0.3, 0.4) is 0 Å². The Morgan fingerprint density at radius 1 is 1.26 bits per heavy atom. The Hall–Kier alpha value is -4.25. The second kappa shape index (κ2) is 12.1. The summed E-state index contributed by atoms with van der Waals surface area (Å²) in [5, 5.41) is 13.2. The molecule has 4 rings (SSSR count). The zero-order chi connectivity index (χ0) is 28.0. The predicted octanol–water partition coefficient (Wildman–Crippen LogP) is 4.26. The molecule has 2 aromatic rings. The average Bonchev–Trinajstić information content (AvgIpc) is 3.39. The summed E-state index contributed by atoms with van der Waals surface area (Å²) in [4.78, 5) is 26.2. The van der Waals surface area contributed by atoms with Gasteiger partial charge in [0.15, 0.2) is 5.82 Å². The molecule has 5 N–H and O–H groups in total. The van der Waals surface area contributed by atoms with Gasteiger partial charge in [0.25, 0.3) is 5.91 Å². The molecule has 0 radical (unpaired) electrons. The third-order valence-corrected chi connectivity index (χ3v) is 6.28. The highest BCUT2D eigenvalue weighted by atomic mass is 16.5. The first-order valence-corrected chi connectivity index (χ1v) is 13.0. The summed E-state index contributed by atoms with van der Waals surface area (Å²) < 4.78 is 11.1. The number of aliphatic imine (C=N–C) groups is 3. The van der Waals surface area contributed by atoms with E-state index in [0.29, 0.717) is 46.7 Å². The molecule has 1 aromatic carbocycles. The van der Waals surface area contributed by atoms with E-state index in [1.54, 1.807) is 24.4 Å². The Kier molecular flexibility index (Phi) is 8.60. The molecular formula is C28H36N8O3. The molecule has 2 aliphatic rings. The third kappa shape index (κ3) is 7.20. The van der Waals surface area contributed by atoms with Gasteiger partial charge in [-0.25, -0.2) is 9.98 Å². The van der Waals surface area contributed by atoms with Crippen molar-refractivity contribution in [3.8, 4) is 0 Å². The standard InChI is InChI=1S/C28H36N8O3/c1-6-30-21-16-32-27(31-15-19-9-7-8-12-38-19)35-24(21)25(29)33-20-13-18(11-10-17(20)2)26(37)34-23-14-22(39-36-23)28(3,4)5/h6,10-11,13-14,16,19,33H,1,7-9,12,15,29H2,2-5H3,(H,31,35)(H,34,36,37)/b25-24-,30-21-. The van der Waals surface area contributed by atoms with Gasteiger partial charge in [-0.1, -0.05) is 38.6 Å². The van der Waals surface area contributed by atoms with E-state index >= 15 is 0 Å². The number of guanidine groups is 1. The molecule has 1 fully saturated rings. The molecule has 1 atom stereocenters. The number of amides is 1. The molecule has 39 heavy (non-hydrogen) atoms. The monoisotopic (exact) mass is 532 g/mol. The minimum atomic E-state index is -0.328. The van der Waals surface area contributed by atoms with Crippen molar-refractivity contribution in [3.05, 3.63) is 65.4 Å². The van der Waals surface area contributed by atoms with E-state index in [0.717, 1.165) is 31.4 Å². The van der Waals surface area contributed by atoms with E-state index in [1.807, 2.05) is 33.8 Å². The van der Waals surface area contributed by atoms with Gasteiger partial charge in [-0.15, -0.1) is 0 Å². The normalized spacial score (nSPS) is 19.8. The quantitative estimate of drug-likeness (QED) is 0.416. The summed E-state index contributed by atoms with van der Waals surface area (Å²) in [6.07, 6.45) is 6.35. The van der Waals surface area contributed by atoms with Crippen molar-refractivity contribution < 1.29 is 14.1 Å². The molecule has 1 saturated heterocycles. The second-order valence-corrected chi connectivity index (χ2v) is 10.5. The van der Waals surface area contributed by atoms with E-state index in [9.17, 15) is 4.79 Å². The number of aryl methyl sites for hydroxylation is 1. The van der Waals surface area contributed by atoms with E-state index in [2.05, 4.69) is 42.7 Å². The van der Waals surface area contributed by atoms with E-state index in [-0.39, 0.29) is 23.2 Å². The van der Waals surface area contributed by atoms with Gasteiger partial charge in [-0.2, -0.15) is 0 Å². The van der Waals surface area contributed by atoms with Crippen LogP contribution in [-0.2, 0) is 10.2 Å². The summed E-state index contributed by atoms with van der Waals surface area (Å²) in [6.45, 7) is 13.0. The molecule has 206 valence electrons. The fourth-order valence-corrected chi connectivity index (χ4v) is 4.00. The van der Waals surface area contributed by atoms with Crippen LogP contribution in [0.2, 0.25) is 0 Å². The highest BCUT2D eigenvalue weighted by molar-refractivity contribution is 6.41. The van der Waals surface area contributed by atoms with E-state index < -0.39 is 0 Å². The number of ether oxygens (including phenoxy) is 1. The molecule has 11 heteroatoms. The third-order valence-electron chi connectivity index (χ3n) is 6.28. The maximum absolute atomic E-state index is 13.0. The van der Waals surface area contributed by atoms with Gasteiger partial charge in [-0.3, -0.25) is 9.79 Å². The highest BCUT2D eigenvalue weighted by Gasteiger charge is 2.22. The summed E-state index contributed by atoms with van der Waals surface area (Å²) in [5.41, 5.74) is 9.07. The molecule has 0 spiro atoms.